The van der Waals surface area contributed by atoms with E-state index in [9.17, 15) is 9.90 Å². The average Bonchev–Trinajstić information content (AvgIpc) is 2.51. The second kappa shape index (κ2) is 16.8. The van der Waals surface area contributed by atoms with E-state index in [4.69, 9.17) is 5.11 Å². The van der Waals surface area contributed by atoms with Crippen molar-refractivity contribution < 1.29 is 15.0 Å². The Balaban J connectivity index is 3.57. The summed E-state index contributed by atoms with van der Waals surface area (Å²) in [6, 6.07) is 0. The minimum Gasteiger partial charge on any atom is -0.481 e. The van der Waals surface area contributed by atoms with Crippen molar-refractivity contribution in [3.05, 3.63) is 48.6 Å². The first kappa shape index (κ1) is 21.4. The van der Waals surface area contributed by atoms with Crippen molar-refractivity contribution in [2.75, 3.05) is 0 Å². The number of aliphatic carboxylic acids is 1. The second-order valence-electron chi connectivity index (χ2n) is 5.58. The molecular formula is C20H32O3. The molecule has 0 aliphatic rings. The number of carboxylic acid groups (broad SMARTS) is 1. The van der Waals surface area contributed by atoms with Crippen molar-refractivity contribution in [2.45, 2.75) is 70.8 Å². The SMILES string of the molecule is CCCCC[C@@H](O)C=CC=CCC=CCC=CCCCC(=O)O. The maximum Gasteiger partial charge on any atom is 0.303 e. The van der Waals surface area contributed by atoms with Crippen LogP contribution in [-0.2, 0) is 4.79 Å². The number of aliphatic hydroxyl groups is 1. The summed E-state index contributed by atoms with van der Waals surface area (Å²) in [7, 11) is 0. The predicted molar refractivity (Wildman–Crippen MR) is 97.4 cm³/mol. The van der Waals surface area contributed by atoms with Gasteiger partial charge in [0.05, 0.1) is 6.10 Å². The molecule has 0 spiro atoms. The number of unbranched alkanes of at least 4 members (excludes halogenated alkanes) is 3. The number of hydrogen-bond donors (Lipinski definition) is 2. The first-order valence-corrected chi connectivity index (χ1v) is 8.70. The molecule has 0 aliphatic heterocycles. The lowest BCUT2D eigenvalue weighted by Crippen LogP contribution is -2.00. The Morgan fingerprint density at radius 3 is 2.35 bits per heavy atom. The highest BCUT2D eigenvalue weighted by molar-refractivity contribution is 5.66. The molecule has 1 atom stereocenters. The van der Waals surface area contributed by atoms with E-state index < -0.39 is 5.97 Å². The maximum atomic E-state index is 10.3. The van der Waals surface area contributed by atoms with Crippen LogP contribution in [0.15, 0.2) is 48.6 Å². The van der Waals surface area contributed by atoms with Crippen molar-refractivity contribution in [3.63, 3.8) is 0 Å². The highest BCUT2D eigenvalue weighted by atomic mass is 16.4. The van der Waals surface area contributed by atoms with Gasteiger partial charge in [0, 0.05) is 6.42 Å². The van der Waals surface area contributed by atoms with Crippen LogP contribution in [0.3, 0.4) is 0 Å². The summed E-state index contributed by atoms with van der Waals surface area (Å²) >= 11 is 0. The summed E-state index contributed by atoms with van der Waals surface area (Å²) in [5, 5.41) is 18.2. The molecule has 0 unspecified atom stereocenters. The van der Waals surface area contributed by atoms with Crippen LogP contribution >= 0.6 is 0 Å². The summed E-state index contributed by atoms with van der Waals surface area (Å²) in [5.41, 5.74) is 0. The Morgan fingerprint density at radius 1 is 0.957 bits per heavy atom. The van der Waals surface area contributed by atoms with E-state index >= 15 is 0 Å². The number of rotatable bonds is 14. The molecule has 0 rings (SSSR count). The van der Waals surface area contributed by atoms with Crippen LogP contribution in [0.4, 0.5) is 0 Å². The van der Waals surface area contributed by atoms with Gasteiger partial charge < -0.3 is 10.2 Å². The van der Waals surface area contributed by atoms with Crippen molar-refractivity contribution in [2.24, 2.45) is 0 Å². The number of carboxylic acids is 1. The summed E-state index contributed by atoms with van der Waals surface area (Å²) in [6.45, 7) is 2.16. The van der Waals surface area contributed by atoms with Crippen LogP contribution in [0.25, 0.3) is 0 Å². The van der Waals surface area contributed by atoms with Gasteiger partial charge in [0.25, 0.3) is 0 Å². The molecule has 3 nitrogen and oxygen atoms in total. The average molecular weight is 320 g/mol. The topological polar surface area (TPSA) is 57.5 Å². The van der Waals surface area contributed by atoms with Crippen LogP contribution < -0.4 is 0 Å². The lowest BCUT2D eigenvalue weighted by atomic mass is 10.1. The quantitative estimate of drug-likeness (QED) is 0.263. The van der Waals surface area contributed by atoms with Gasteiger partial charge in [-0.15, -0.1) is 0 Å². The molecule has 2 N–H and O–H groups in total. The van der Waals surface area contributed by atoms with Gasteiger partial charge in [-0.3, -0.25) is 4.79 Å². The fourth-order valence-corrected chi connectivity index (χ4v) is 1.98. The summed E-state index contributed by atoms with van der Waals surface area (Å²) < 4.78 is 0. The molecule has 0 amide bonds. The summed E-state index contributed by atoms with van der Waals surface area (Å²) in [4.78, 5) is 10.3. The second-order valence-corrected chi connectivity index (χ2v) is 5.58. The van der Waals surface area contributed by atoms with Gasteiger partial charge >= 0.3 is 5.97 Å². The Labute approximate surface area is 141 Å². The largest absolute Gasteiger partial charge is 0.481 e. The minimum absolute atomic E-state index is 0.242. The van der Waals surface area contributed by atoms with E-state index in [-0.39, 0.29) is 12.5 Å². The standard InChI is InChI=1S/C20H32O3/c1-2-3-13-16-19(21)17-14-11-9-7-5-4-6-8-10-12-15-18-20(22)23/h4-5,8-11,14,17,19,21H,2-3,6-7,12-13,15-16,18H2,1H3,(H,22,23)/t19-/m1/s1. The van der Waals surface area contributed by atoms with E-state index in [1.807, 2.05) is 24.3 Å². The highest BCUT2D eigenvalue weighted by Crippen LogP contribution is 2.04. The van der Waals surface area contributed by atoms with E-state index in [1.165, 1.54) is 12.8 Å². The number of allylic oxidation sites excluding steroid dienone is 7. The molecule has 0 heterocycles. The fourth-order valence-electron chi connectivity index (χ4n) is 1.98. The van der Waals surface area contributed by atoms with Crippen molar-refractivity contribution in [3.8, 4) is 0 Å². The number of carbonyl (C=O) groups is 1. The number of aliphatic hydroxyl groups excluding tert-OH is 1. The van der Waals surface area contributed by atoms with Gasteiger partial charge in [0.1, 0.15) is 0 Å². The van der Waals surface area contributed by atoms with E-state index in [2.05, 4.69) is 31.2 Å². The Hall–Kier alpha value is -1.61. The van der Waals surface area contributed by atoms with E-state index in [1.54, 1.807) is 0 Å². The van der Waals surface area contributed by atoms with Gasteiger partial charge in [-0.1, -0.05) is 74.8 Å². The van der Waals surface area contributed by atoms with E-state index in [0.29, 0.717) is 6.42 Å². The fraction of sp³-hybridized carbons (Fsp3) is 0.550. The Morgan fingerprint density at radius 2 is 1.65 bits per heavy atom. The summed E-state index contributed by atoms with van der Waals surface area (Å²) in [6.07, 6.45) is 23.6. The molecule has 0 radical (unpaired) electrons. The zero-order chi connectivity index (χ0) is 17.2. The molecular weight excluding hydrogens is 288 g/mol. The summed E-state index contributed by atoms with van der Waals surface area (Å²) in [5.74, 6) is -0.729. The Kier molecular flexibility index (Phi) is 15.6. The molecule has 0 aliphatic carbocycles. The van der Waals surface area contributed by atoms with Crippen LogP contribution in [0.5, 0.6) is 0 Å². The van der Waals surface area contributed by atoms with Gasteiger partial charge in [-0.2, -0.15) is 0 Å². The third-order valence-corrected chi connectivity index (χ3v) is 3.32. The molecule has 0 aromatic carbocycles. The molecule has 130 valence electrons. The zero-order valence-corrected chi connectivity index (χ0v) is 14.4. The van der Waals surface area contributed by atoms with Crippen molar-refractivity contribution in [1.82, 2.24) is 0 Å². The van der Waals surface area contributed by atoms with Crippen LogP contribution in [0.1, 0.15) is 64.7 Å². The highest BCUT2D eigenvalue weighted by Gasteiger charge is 1.96. The van der Waals surface area contributed by atoms with Gasteiger partial charge in [0.2, 0.25) is 0 Å². The molecule has 0 fully saturated rings. The predicted octanol–water partition coefficient (Wildman–Crippen LogP) is 5.19. The van der Waals surface area contributed by atoms with Crippen molar-refractivity contribution in [1.29, 1.82) is 0 Å². The molecule has 0 bridgehead atoms. The molecule has 3 heteroatoms. The third kappa shape index (κ3) is 18.3. The minimum atomic E-state index is -0.729. The smallest absolute Gasteiger partial charge is 0.303 e. The van der Waals surface area contributed by atoms with Crippen molar-refractivity contribution >= 4 is 5.97 Å². The van der Waals surface area contributed by atoms with Gasteiger partial charge in [-0.05, 0) is 32.1 Å². The monoisotopic (exact) mass is 320 g/mol. The lowest BCUT2D eigenvalue weighted by molar-refractivity contribution is -0.137. The molecule has 0 saturated carbocycles. The zero-order valence-electron chi connectivity index (χ0n) is 14.4. The maximum absolute atomic E-state index is 10.3. The Bertz CT molecular complexity index is 392. The molecule has 0 saturated heterocycles. The van der Waals surface area contributed by atoms with E-state index in [0.717, 1.165) is 32.1 Å². The van der Waals surface area contributed by atoms with Crippen LogP contribution in [0, 0.1) is 0 Å². The van der Waals surface area contributed by atoms with Gasteiger partial charge in [0.15, 0.2) is 0 Å². The first-order chi connectivity index (χ1) is 11.2. The molecule has 23 heavy (non-hydrogen) atoms. The molecule has 0 aromatic rings. The normalized spacial score (nSPS) is 13.8. The van der Waals surface area contributed by atoms with Crippen LogP contribution in [-0.4, -0.2) is 22.3 Å². The van der Waals surface area contributed by atoms with Crippen LogP contribution in [0.2, 0.25) is 0 Å². The lowest BCUT2D eigenvalue weighted by Gasteiger charge is -2.02. The first-order valence-electron chi connectivity index (χ1n) is 8.70. The number of hydrogen-bond acceptors (Lipinski definition) is 2. The van der Waals surface area contributed by atoms with Gasteiger partial charge in [-0.25, -0.2) is 0 Å². The third-order valence-electron chi connectivity index (χ3n) is 3.32. The molecule has 0 aromatic heterocycles.